The molecule has 2 atom stereocenters. The normalized spacial score (nSPS) is 22.8. The number of amides is 1. The van der Waals surface area contributed by atoms with Gasteiger partial charge in [-0.25, -0.2) is 0 Å². The van der Waals surface area contributed by atoms with Crippen LogP contribution in [-0.2, 0) is 16.1 Å². The van der Waals surface area contributed by atoms with Crippen molar-refractivity contribution in [1.29, 1.82) is 0 Å². The number of aromatic nitrogens is 1. The summed E-state index contributed by atoms with van der Waals surface area (Å²) in [6.45, 7) is 1.25. The first kappa shape index (κ1) is 10.7. The van der Waals surface area contributed by atoms with E-state index in [4.69, 9.17) is 5.11 Å². The average Bonchev–Trinajstić information content (AvgIpc) is 2.90. The van der Waals surface area contributed by atoms with E-state index in [1.54, 1.807) is 0 Å². The fourth-order valence-electron chi connectivity index (χ4n) is 1.72. The van der Waals surface area contributed by atoms with Crippen LogP contribution in [0.3, 0.4) is 0 Å². The number of carbonyl (C=O) groups excluding carboxylic acids is 1. The quantitative estimate of drug-likeness (QED) is 0.754. The molecule has 2 unspecified atom stereocenters. The molecule has 1 aliphatic rings. The smallest absolute Gasteiger partial charge is 0.307 e. The molecule has 0 radical (unpaired) electrons. The Kier molecular flexibility index (Phi) is 2.94. The lowest BCUT2D eigenvalue weighted by Crippen LogP contribution is -2.29. The third-order valence-corrected chi connectivity index (χ3v) is 2.78. The molecule has 0 aliphatic heterocycles. The molecule has 5 nitrogen and oxygen atoms in total. The van der Waals surface area contributed by atoms with Crippen molar-refractivity contribution in [1.82, 2.24) is 9.88 Å². The van der Waals surface area contributed by atoms with Gasteiger partial charge < -0.3 is 15.0 Å². The molecule has 2 rings (SSSR count). The highest BCUT2D eigenvalue weighted by atomic mass is 16.4. The summed E-state index contributed by atoms with van der Waals surface area (Å²) in [4.78, 5) is 22.0. The van der Waals surface area contributed by atoms with Gasteiger partial charge in [-0.2, -0.15) is 0 Å². The summed E-state index contributed by atoms with van der Waals surface area (Å²) in [6.07, 6.45) is 4.32. The summed E-state index contributed by atoms with van der Waals surface area (Å²) in [5.74, 6) is -1.79. The number of aliphatic carboxylic acids is 1. The predicted octanol–water partition coefficient (Wildman–Crippen LogP) is 0.325. The maximum absolute atomic E-state index is 11.5. The lowest BCUT2D eigenvalue weighted by Gasteiger charge is -2.05. The number of hydrogen-bond acceptors (Lipinski definition) is 2. The molecule has 0 saturated heterocycles. The number of hydrogen-bond donors (Lipinski definition) is 2. The standard InChI is InChI=1S/C11H14N2O3/c14-10(8-7-9(8)11(15)16)12-3-6-13-4-1-2-5-13/h1-2,4-5,8-9H,3,6-7H2,(H,12,14)(H,15,16). The summed E-state index contributed by atoms with van der Waals surface area (Å²) in [6, 6.07) is 3.84. The summed E-state index contributed by atoms with van der Waals surface area (Å²) < 4.78 is 1.96. The van der Waals surface area contributed by atoms with Gasteiger partial charge in [0.15, 0.2) is 0 Å². The lowest BCUT2D eigenvalue weighted by molar-refractivity contribution is -0.140. The number of carboxylic acids is 1. The molecule has 1 aromatic heterocycles. The highest BCUT2D eigenvalue weighted by Gasteiger charge is 2.48. The zero-order valence-electron chi connectivity index (χ0n) is 8.80. The Morgan fingerprint density at radius 1 is 1.31 bits per heavy atom. The van der Waals surface area contributed by atoms with Gasteiger partial charge in [0.1, 0.15) is 0 Å². The number of nitrogens with one attached hydrogen (secondary N) is 1. The summed E-state index contributed by atoms with van der Waals surface area (Å²) in [5.41, 5.74) is 0. The second-order valence-electron chi connectivity index (χ2n) is 4.00. The summed E-state index contributed by atoms with van der Waals surface area (Å²) in [7, 11) is 0. The Bertz CT molecular complexity index is 386. The third kappa shape index (κ3) is 2.42. The Hall–Kier alpha value is -1.78. The second-order valence-corrected chi connectivity index (χ2v) is 4.00. The molecule has 0 aromatic carbocycles. The molecule has 1 fully saturated rings. The van der Waals surface area contributed by atoms with Gasteiger partial charge >= 0.3 is 5.97 Å². The number of carbonyl (C=O) groups is 2. The van der Waals surface area contributed by atoms with Crippen LogP contribution in [0.15, 0.2) is 24.5 Å². The molecule has 1 saturated carbocycles. The molecule has 0 spiro atoms. The van der Waals surface area contributed by atoms with Crippen molar-refractivity contribution in [2.45, 2.75) is 13.0 Å². The minimum Gasteiger partial charge on any atom is -0.481 e. The third-order valence-electron chi connectivity index (χ3n) is 2.78. The first-order valence-electron chi connectivity index (χ1n) is 5.30. The van der Waals surface area contributed by atoms with Crippen molar-refractivity contribution < 1.29 is 14.7 Å². The first-order valence-corrected chi connectivity index (χ1v) is 5.30. The van der Waals surface area contributed by atoms with Gasteiger partial charge in [0.05, 0.1) is 11.8 Å². The van der Waals surface area contributed by atoms with Crippen molar-refractivity contribution in [2.24, 2.45) is 11.8 Å². The highest BCUT2D eigenvalue weighted by molar-refractivity contribution is 5.89. The van der Waals surface area contributed by atoms with E-state index in [-0.39, 0.29) is 11.8 Å². The van der Waals surface area contributed by atoms with Crippen molar-refractivity contribution in [2.75, 3.05) is 6.54 Å². The van der Waals surface area contributed by atoms with E-state index >= 15 is 0 Å². The first-order chi connectivity index (χ1) is 7.68. The monoisotopic (exact) mass is 222 g/mol. The molecular formula is C11H14N2O3. The average molecular weight is 222 g/mol. The van der Waals surface area contributed by atoms with Crippen LogP contribution in [0.4, 0.5) is 0 Å². The van der Waals surface area contributed by atoms with Crippen LogP contribution in [0.5, 0.6) is 0 Å². The molecular weight excluding hydrogens is 208 g/mol. The minimum atomic E-state index is -0.870. The lowest BCUT2D eigenvalue weighted by atomic mass is 10.3. The highest BCUT2D eigenvalue weighted by Crippen LogP contribution is 2.38. The van der Waals surface area contributed by atoms with Gasteiger partial charge in [-0.3, -0.25) is 9.59 Å². The molecule has 0 bridgehead atoms. The van der Waals surface area contributed by atoms with E-state index in [1.165, 1.54) is 0 Å². The molecule has 1 aliphatic carbocycles. The largest absolute Gasteiger partial charge is 0.481 e. The Morgan fingerprint density at radius 2 is 2.00 bits per heavy atom. The molecule has 1 heterocycles. The molecule has 2 N–H and O–H groups in total. The summed E-state index contributed by atoms with van der Waals surface area (Å²) >= 11 is 0. The zero-order chi connectivity index (χ0) is 11.5. The van der Waals surface area contributed by atoms with E-state index in [2.05, 4.69) is 5.32 Å². The maximum Gasteiger partial charge on any atom is 0.307 e. The zero-order valence-corrected chi connectivity index (χ0v) is 8.80. The van der Waals surface area contributed by atoms with Gasteiger partial charge in [-0.15, -0.1) is 0 Å². The Morgan fingerprint density at radius 3 is 2.56 bits per heavy atom. The van der Waals surface area contributed by atoms with Gasteiger partial charge in [-0.05, 0) is 18.6 Å². The molecule has 16 heavy (non-hydrogen) atoms. The van der Waals surface area contributed by atoms with E-state index in [9.17, 15) is 9.59 Å². The Labute approximate surface area is 93.1 Å². The number of nitrogens with zero attached hydrogens (tertiary/aromatic N) is 1. The van der Waals surface area contributed by atoms with Crippen LogP contribution in [0, 0.1) is 11.8 Å². The van der Waals surface area contributed by atoms with Crippen molar-refractivity contribution in [3.8, 4) is 0 Å². The number of rotatable bonds is 5. The van der Waals surface area contributed by atoms with Gasteiger partial charge in [0.2, 0.25) is 5.91 Å². The predicted molar refractivity (Wildman–Crippen MR) is 56.7 cm³/mol. The molecule has 1 amide bonds. The van der Waals surface area contributed by atoms with Crippen molar-refractivity contribution >= 4 is 11.9 Å². The fourth-order valence-corrected chi connectivity index (χ4v) is 1.72. The second kappa shape index (κ2) is 4.38. The summed E-state index contributed by atoms with van der Waals surface area (Å²) in [5, 5.41) is 11.4. The van der Waals surface area contributed by atoms with Gasteiger partial charge in [0, 0.05) is 25.5 Å². The van der Waals surface area contributed by atoms with Gasteiger partial charge in [0.25, 0.3) is 0 Å². The van der Waals surface area contributed by atoms with Crippen LogP contribution < -0.4 is 5.32 Å². The van der Waals surface area contributed by atoms with Gasteiger partial charge in [-0.1, -0.05) is 0 Å². The van der Waals surface area contributed by atoms with E-state index in [0.717, 1.165) is 0 Å². The topological polar surface area (TPSA) is 71.3 Å². The van der Waals surface area contributed by atoms with Crippen LogP contribution in [-0.4, -0.2) is 28.1 Å². The van der Waals surface area contributed by atoms with Crippen LogP contribution in [0.1, 0.15) is 6.42 Å². The van der Waals surface area contributed by atoms with E-state index in [0.29, 0.717) is 19.5 Å². The van der Waals surface area contributed by atoms with E-state index in [1.807, 2.05) is 29.1 Å². The SMILES string of the molecule is O=C(O)C1CC1C(=O)NCCn1cccc1. The van der Waals surface area contributed by atoms with E-state index < -0.39 is 11.9 Å². The van der Waals surface area contributed by atoms with Crippen LogP contribution in [0.25, 0.3) is 0 Å². The maximum atomic E-state index is 11.5. The van der Waals surface area contributed by atoms with Crippen LogP contribution >= 0.6 is 0 Å². The minimum absolute atomic E-state index is 0.139. The van der Waals surface area contributed by atoms with Crippen molar-refractivity contribution in [3.63, 3.8) is 0 Å². The molecule has 1 aromatic rings. The van der Waals surface area contributed by atoms with Crippen molar-refractivity contribution in [3.05, 3.63) is 24.5 Å². The van der Waals surface area contributed by atoms with Crippen LogP contribution in [0.2, 0.25) is 0 Å². The molecule has 5 heteroatoms. The number of carboxylic acid groups (broad SMARTS) is 1. The Balaban J connectivity index is 1.68. The fraction of sp³-hybridized carbons (Fsp3) is 0.455. The molecule has 86 valence electrons.